The summed E-state index contributed by atoms with van der Waals surface area (Å²) >= 11 is 0. The van der Waals surface area contributed by atoms with Crippen molar-refractivity contribution in [1.82, 2.24) is 15.3 Å². The van der Waals surface area contributed by atoms with E-state index in [2.05, 4.69) is 46.5 Å². The lowest BCUT2D eigenvalue weighted by Crippen LogP contribution is -2.19. The van der Waals surface area contributed by atoms with Gasteiger partial charge in [-0.15, -0.1) is 0 Å². The van der Waals surface area contributed by atoms with Crippen molar-refractivity contribution in [3.8, 4) is 0 Å². The molecule has 0 radical (unpaired) electrons. The van der Waals surface area contributed by atoms with E-state index >= 15 is 0 Å². The molecule has 1 unspecified atom stereocenters. The molecule has 0 saturated carbocycles. The van der Waals surface area contributed by atoms with Crippen molar-refractivity contribution in [2.75, 3.05) is 7.05 Å². The van der Waals surface area contributed by atoms with Gasteiger partial charge in [0.25, 0.3) is 0 Å². The summed E-state index contributed by atoms with van der Waals surface area (Å²) in [4.78, 5) is 8.69. The molecule has 1 atom stereocenters. The first-order chi connectivity index (χ1) is 10.3. The van der Waals surface area contributed by atoms with E-state index in [1.54, 1.807) is 0 Å². The first-order valence-electron chi connectivity index (χ1n) is 7.17. The van der Waals surface area contributed by atoms with Crippen LogP contribution in [-0.4, -0.2) is 23.1 Å². The highest BCUT2D eigenvalue weighted by atomic mass is 14.9. The topological polar surface area (TPSA) is 37.8 Å². The van der Waals surface area contributed by atoms with Gasteiger partial charge in [-0.3, -0.25) is 0 Å². The summed E-state index contributed by atoms with van der Waals surface area (Å²) < 4.78 is 0. The van der Waals surface area contributed by atoms with Gasteiger partial charge in [0.1, 0.15) is 0 Å². The number of nitrogens with one attached hydrogen (secondary N) is 1. The van der Waals surface area contributed by atoms with Crippen LogP contribution in [0.15, 0.2) is 48.8 Å². The standard InChI is InChI=1S/C18H21N3/c1-15(19-2)7-6-10-17-13-20-18(21-14-17)12-11-16-8-4-3-5-9-16/h3-6,8-15,19H,7H2,1-2H3. The third-order valence-corrected chi connectivity index (χ3v) is 3.21. The van der Waals surface area contributed by atoms with E-state index in [1.165, 1.54) is 0 Å². The van der Waals surface area contributed by atoms with Gasteiger partial charge in [0.15, 0.2) is 5.82 Å². The second kappa shape index (κ2) is 8.12. The Balaban J connectivity index is 1.94. The van der Waals surface area contributed by atoms with Crippen molar-refractivity contribution in [1.29, 1.82) is 0 Å². The van der Waals surface area contributed by atoms with Crippen molar-refractivity contribution in [2.45, 2.75) is 19.4 Å². The summed E-state index contributed by atoms with van der Waals surface area (Å²) in [7, 11) is 1.97. The molecule has 1 aromatic carbocycles. The predicted octanol–water partition coefficient (Wildman–Crippen LogP) is 3.66. The fourth-order valence-corrected chi connectivity index (χ4v) is 1.78. The molecular weight excluding hydrogens is 258 g/mol. The molecule has 108 valence electrons. The number of aromatic nitrogens is 2. The Kier molecular flexibility index (Phi) is 5.85. The van der Waals surface area contributed by atoms with E-state index in [0.717, 1.165) is 23.4 Å². The SMILES string of the molecule is CNC(C)CC=Cc1cnc(C=Cc2ccccc2)nc1. The van der Waals surface area contributed by atoms with Gasteiger partial charge in [-0.05, 0) is 32.0 Å². The fourth-order valence-electron chi connectivity index (χ4n) is 1.78. The number of benzene rings is 1. The maximum Gasteiger partial charge on any atom is 0.151 e. The maximum absolute atomic E-state index is 4.35. The monoisotopic (exact) mass is 279 g/mol. The number of nitrogens with zero attached hydrogens (tertiary/aromatic N) is 2. The van der Waals surface area contributed by atoms with E-state index in [9.17, 15) is 0 Å². The Morgan fingerprint density at radius 1 is 1.00 bits per heavy atom. The third kappa shape index (κ3) is 5.32. The van der Waals surface area contributed by atoms with Crippen molar-refractivity contribution in [3.05, 3.63) is 65.8 Å². The Morgan fingerprint density at radius 3 is 2.38 bits per heavy atom. The Labute approximate surface area is 126 Å². The van der Waals surface area contributed by atoms with E-state index in [0.29, 0.717) is 6.04 Å². The largest absolute Gasteiger partial charge is 0.317 e. The molecule has 0 saturated heterocycles. The zero-order valence-electron chi connectivity index (χ0n) is 12.5. The molecule has 1 N–H and O–H groups in total. The molecule has 0 aliphatic heterocycles. The van der Waals surface area contributed by atoms with Gasteiger partial charge < -0.3 is 5.32 Å². The number of hydrogen-bond donors (Lipinski definition) is 1. The third-order valence-electron chi connectivity index (χ3n) is 3.21. The lowest BCUT2D eigenvalue weighted by atomic mass is 10.2. The molecule has 0 spiro atoms. The average Bonchev–Trinajstić information content (AvgIpc) is 2.55. The van der Waals surface area contributed by atoms with Crippen LogP contribution in [0.3, 0.4) is 0 Å². The lowest BCUT2D eigenvalue weighted by Gasteiger charge is -2.04. The van der Waals surface area contributed by atoms with Gasteiger partial charge in [0.05, 0.1) is 0 Å². The minimum Gasteiger partial charge on any atom is -0.317 e. The zero-order valence-corrected chi connectivity index (χ0v) is 12.5. The summed E-state index contributed by atoms with van der Waals surface area (Å²) in [6.45, 7) is 2.15. The van der Waals surface area contributed by atoms with Crippen LogP contribution < -0.4 is 5.32 Å². The van der Waals surface area contributed by atoms with E-state index in [-0.39, 0.29) is 0 Å². The van der Waals surface area contributed by atoms with Gasteiger partial charge >= 0.3 is 0 Å². The molecule has 2 aromatic rings. The molecule has 1 aromatic heterocycles. The second-order valence-corrected chi connectivity index (χ2v) is 4.95. The molecule has 0 aliphatic rings. The molecule has 21 heavy (non-hydrogen) atoms. The van der Waals surface area contributed by atoms with Gasteiger partial charge in [-0.1, -0.05) is 48.6 Å². The van der Waals surface area contributed by atoms with Crippen LogP contribution in [0.1, 0.15) is 30.3 Å². The normalized spacial score (nSPS) is 13.0. The highest BCUT2D eigenvalue weighted by Crippen LogP contribution is 2.06. The van der Waals surface area contributed by atoms with Gasteiger partial charge in [-0.25, -0.2) is 9.97 Å². The minimum atomic E-state index is 0.482. The summed E-state index contributed by atoms with van der Waals surface area (Å²) in [5.41, 5.74) is 2.17. The van der Waals surface area contributed by atoms with Crippen molar-refractivity contribution in [2.24, 2.45) is 0 Å². The van der Waals surface area contributed by atoms with Crippen molar-refractivity contribution < 1.29 is 0 Å². The van der Waals surface area contributed by atoms with Crippen LogP contribution in [0.4, 0.5) is 0 Å². The van der Waals surface area contributed by atoms with Gasteiger partial charge in [0.2, 0.25) is 0 Å². The molecule has 2 rings (SSSR count). The molecule has 1 heterocycles. The smallest absolute Gasteiger partial charge is 0.151 e. The number of rotatable bonds is 6. The quantitative estimate of drug-likeness (QED) is 0.877. The molecular formula is C18H21N3. The van der Waals surface area contributed by atoms with E-state index < -0.39 is 0 Å². The maximum atomic E-state index is 4.35. The second-order valence-electron chi connectivity index (χ2n) is 4.95. The summed E-state index contributed by atoms with van der Waals surface area (Å²) in [5, 5.41) is 3.20. The van der Waals surface area contributed by atoms with Crippen LogP contribution in [0, 0.1) is 0 Å². The fraction of sp³-hybridized carbons (Fsp3) is 0.222. The summed E-state index contributed by atoms with van der Waals surface area (Å²) in [6, 6.07) is 10.6. The minimum absolute atomic E-state index is 0.482. The Hall–Kier alpha value is -2.26. The van der Waals surface area contributed by atoms with Crippen LogP contribution in [0.5, 0.6) is 0 Å². The van der Waals surface area contributed by atoms with Crippen LogP contribution in [0.2, 0.25) is 0 Å². The Bertz CT molecular complexity index is 586. The van der Waals surface area contributed by atoms with Crippen LogP contribution in [0.25, 0.3) is 18.2 Å². The molecule has 0 fully saturated rings. The predicted molar refractivity (Wildman–Crippen MR) is 89.6 cm³/mol. The molecule has 0 amide bonds. The lowest BCUT2D eigenvalue weighted by molar-refractivity contribution is 0.621. The number of hydrogen-bond acceptors (Lipinski definition) is 3. The average molecular weight is 279 g/mol. The van der Waals surface area contributed by atoms with Gasteiger partial charge in [-0.2, -0.15) is 0 Å². The molecule has 3 heteroatoms. The molecule has 0 bridgehead atoms. The highest BCUT2D eigenvalue weighted by molar-refractivity contribution is 5.66. The van der Waals surface area contributed by atoms with Gasteiger partial charge in [0, 0.05) is 24.0 Å². The van der Waals surface area contributed by atoms with Crippen LogP contribution in [-0.2, 0) is 0 Å². The van der Waals surface area contributed by atoms with Crippen LogP contribution >= 0.6 is 0 Å². The zero-order chi connectivity index (χ0) is 14.9. The first kappa shape index (κ1) is 15.1. The molecule has 3 nitrogen and oxygen atoms in total. The van der Waals surface area contributed by atoms with Crippen molar-refractivity contribution in [3.63, 3.8) is 0 Å². The highest BCUT2D eigenvalue weighted by Gasteiger charge is 1.94. The Morgan fingerprint density at radius 2 is 1.71 bits per heavy atom. The van der Waals surface area contributed by atoms with E-state index in [4.69, 9.17) is 0 Å². The van der Waals surface area contributed by atoms with Crippen molar-refractivity contribution >= 4 is 18.2 Å². The van der Waals surface area contributed by atoms with E-state index in [1.807, 2.05) is 49.8 Å². The first-order valence-corrected chi connectivity index (χ1v) is 7.17. The summed E-state index contributed by atoms with van der Waals surface area (Å²) in [6.07, 6.45) is 12.8. The molecule has 0 aliphatic carbocycles. The summed E-state index contributed by atoms with van der Waals surface area (Å²) in [5.74, 6) is 0.722.